The van der Waals surface area contributed by atoms with Crippen molar-refractivity contribution in [1.82, 2.24) is 0 Å². The van der Waals surface area contributed by atoms with Crippen LogP contribution in [-0.4, -0.2) is 12.9 Å². The summed E-state index contributed by atoms with van der Waals surface area (Å²) in [5.74, 6) is 2.05. The van der Waals surface area contributed by atoms with Crippen LogP contribution in [-0.2, 0) is 0 Å². The van der Waals surface area contributed by atoms with Crippen LogP contribution in [0.2, 0.25) is 0 Å². The van der Waals surface area contributed by atoms with Gasteiger partial charge in [0.15, 0.2) is 11.5 Å². The summed E-state index contributed by atoms with van der Waals surface area (Å²) < 4.78 is 11.2. The van der Waals surface area contributed by atoms with Crippen LogP contribution in [0.15, 0.2) is 48.5 Å². The second-order valence-electron chi connectivity index (χ2n) is 3.67. The maximum Gasteiger partial charge on any atom is 0.169 e. The molecule has 0 aliphatic rings. The van der Waals surface area contributed by atoms with Gasteiger partial charge in [0.1, 0.15) is 12.0 Å². The van der Waals surface area contributed by atoms with Gasteiger partial charge in [0.25, 0.3) is 0 Å². The fraction of sp³-hybridized carbons (Fsp3) is 0.133. The van der Waals surface area contributed by atoms with Crippen LogP contribution in [0.25, 0.3) is 0 Å². The lowest BCUT2D eigenvalue weighted by Crippen LogP contribution is -1.94. The smallest absolute Gasteiger partial charge is 0.169 e. The third kappa shape index (κ3) is 2.88. The van der Waals surface area contributed by atoms with Crippen molar-refractivity contribution in [3.05, 3.63) is 54.1 Å². The second kappa shape index (κ2) is 5.87. The Morgan fingerprint density at radius 3 is 2.28 bits per heavy atom. The Morgan fingerprint density at radius 1 is 1.00 bits per heavy atom. The van der Waals surface area contributed by atoms with Crippen LogP contribution in [0.1, 0.15) is 17.3 Å². The monoisotopic (exact) mass is 242 g/mol. The Morgan fingerprint density at radius 2 is 1.67 bits per heavy atom. The Balaban J connectivity index is 2.19. The fourth-order valence-electron chi connectivity index (χ4n) is 1.55. The van der Waals surface area contributed by atoms with Gasteiger partial charge in [-0.1, -0.05) is 12.1 Å². The van der Waals surface area contributed by atoms with Crippen LogP contribution in [0, 0.1) is 0 Å². The molecule has 0 saturated heterocycles. The number of benzene rings is 2. The van der Waals surface area contributed by atoms with Gasteiger partial charge >= 0.3 is 0 Å². The Hall–Kier alpha value is -2.29. The van der Waals surface area contributed by atoms with E-state index in [-0.39, 0.29) is 0 Å². The first-order valence-electron chi connectivity index (χ1n) is 5.78. The standard InChI is InChI=1S/C15H14O3/c1-2-17-14-5-3-4-6-15(14)18-13-9-7-12(11-16)8-10-13/h3-11H,2H2,1H3. The molecule has 0 atom stereocenters. The van der Waals surface area contributed by atoms with Crippen molar-refractivity contribution >= 4 is 6.29 Å². The van der Waals surface area contributed by atoms with Gasteiger partial charge in [-0.15, -0.1) is 0 Å². The lowest BCUT2D eigenvalue weighted by Gasteiger charge is -2.11. The molecule has 0 radical (unpaired) electrons. The van der Waals surface area contributed by atoms with Gasteiger partial charge in [0, 0.05) is 5.56 Å². The normalized spacial score (nSPS) is 9.83. The zero-order chi connectivity index (χ0) is 12.8. The van der Waals surface area contributed by atoms with Crippen molar-refractivity contribution in [1.29, 1.82) is 0 Å². The van der Waals surface area contributed by atoms with Crippen LogP contribution < -0.4 is 9.47 Å². The molecular formula is C15H14O3. The number of rotatable bonds is 5. The third-order valence-corrected chi connectivity index (χ3v) is 2.39. The van der Waals surface area contributed by atoms with Crippen LogP contribution >= 0.6 is 0 Å². The summed E-state index contributed by atoms with van der Waals surface area (Å²) in [7, 11) is 0. The number of hydrogen-bond donors (Lipinski definition) is 0. The molecule has 92 valence electrons. The number of ether oxygens (including phenoxy) is 2. The van der Waals surface area contributed by atoms with E-state index < -0.39 is 0 Å². The molecule has 0 fully saturated rings. The highest BCUT2D eigenvalue weighted by Crippen LogP contribution is 2.31. The second-order valence-corrected chi connectivity index (χ2v) is 3.67. The molecule has 0 aromatic heterocycles. The molecule has 0 saturated carbocycles. The van der Waals surface area contributed by atoms with E-state index in [1.807, 2.05) is 31.2 Å². The van der Waals surface area contributed by atoms with Gasteiger partial charge in [-0.2, -0.15) is 0 Å². The topological polar surface area (TPSA) is 35.5 Å². The molecule has 0 amide bonds. The van der Waals surface area contributed by atoms with Crippen molar-refractivity contribution in [3.8, 4) is 17.2 Å². The quantitative estimate of drug-likeness (QED) is 0.750. The number of aldehydes is 1. The van der Waals surface area contributed by atoms with Gasteiger partial charge in [-0.05, 0) is 43.3 Å². The van der Waals surface area contributed by atoms with Gasteiger partial charge in [0.2, 0.25) is 0 Å². The lowest BCUT2D eigenvalue weighted by atomic mass is 10.2. The summed E-state index contributed by atoms with van der Waals surface area (Å²) in [5, 5.41) is 0. The maximum absolute atomic E-state index is 10.6. The zero-order valence-electron chi connectivity index (χ0n) is 10.1. The van der Waals surface area contributed by atoms with Crippen molar-refractivity contribution < 1.29 is 14.3 Å². The minimum Gasteiger partial charge on any atom is -0.490 e. The van der Waals surface area contributed by atoms with E-state index in [2.05, 4.69) is 0 Å². The van der Waals surface area contributed by atoms with Gasteiger partial charge < -0.3 is 9.47 Å². The first kappa shape index (κ1) is 12.2. The largest absolute Gasteiger partial charge is 0.490 e. The summed E-state index contributed by atoms with van der Waals surface area (Å²) in [6.07, 6.45) is 0.803. The fourth-order valence-corrected chi connectivity index (χ4v) is 1.55. The SMILES string of the molecule is CCOc1ccccc1Oc1ccc(C=O)cc1. The Labute approximate surface area is 106 Å². The van der Waals surface area contributed by atoms with E-state index in [0.717, 1.165) is 6.29 Å². The Kier molecular flexibility index (Phi) is 3.97. The van der Waals surface area contributed by atoms with Gasteiger partial charge in [-0.3, -0.25) is 4.79 Å². The predicted molar refractivity (Wildman–Crippen MR) is 69.5 cm³/mol. The summed E-state index contributed by atoms with van der Waals surface area (Å²) >= 11 is 0. The molecule has 0 aliphatic carbocycles. The van der Waals surface area contributed by atoms with Crippen LogP contribution in [0.5, 0.6) is 17.2 Å². The predicted octanol–water partition coefficient (Wildman–Crippen LogP) is 3.69. The molecule has 18 heavy (non-hydrogen) atoms. The highest BCUT2D eigenvalue weighted by Gasteiger charge is 2.04. The first-order valence-corrected chi connectivity index (χ1v) is 5.78. The average Bonchev–Trinajstić information content (AvgIpc) is 2.42. The lowest BCUT2D eigenvalue weighted by molar-refractivity contribution is 0.112. The maximum atomic E-state index is 10.6. The van der Waals surface area contributed by atoms with Crippen molar-refractivity contribution in [2.45, 2.75) is 6.92 Å². The van der Waals surface area contributed by atoms with E-state index in [4.69, 9.17) is 9.47 Å². The minimum atomic E-state index is 0.588. The van der Waals surface area contributed by atoms with Crippen LogP contribution in [0.3, 0.4) is 0 Å². The number of para-hydroxylation sites is 2. The molecule has 3 nitrogen and oxygen atoms in total. The van der Waals surface area contributed by atoms with E-state index in [1.54, 1.807) is 24.3 Å². The van der Waals surface area contributed by atoms with E-state index in [0.29, 0.717) is 29.4 Å². The molecule has 2 rings (SSSR count). The van der Waals surface area contributed by atoms with Crippen LogP contribution in [0.4, 0.5) is 0 Å². The zero-order valence-corrected chi connectivity index (χ0v) is 10.1. The van der Waals surface area contributed by atoms with E-state index in [1.165, 1.54) is 0 Å². The molecule has 0 aliphatic heterocycles. The first-order chi connectivity index (χ1) is 8.83. The van der Waals surface area contributed by atoms with Gasteiger partial charge in [0.05, 0.1) is 6.61 Å². The third-order valence-electron chi connectivity index (χ3n) is 2.39. The molecule has 0 unspecified atom stereocenters. The summed E-state index contributed by atoms with van der Waals surface area (Å²) in [5.41, 5.74) is 0.625. The Bertz CT molecular complexity index is 518. The van der Waals surface area contributed by atoms with Crippen molar-refractivity contribution in [2.75, 3.05) is 6.61 Å². The molecule has 2 aromatic carbocycles. The number of carbonyl (C=O) groups excluding carboxylic acids is 1. The molecule has 2 aromatic rings. The van der Waals surface area contributed by atoms with E-state index >= 15 is 0 Å². The molecule has 0 heterocycles. The molecule has 0 spiro atoms. The van der Waals surface area contributed by atoms with Crippen molar-refractivity contribution in [3.63, 3.8) is 0 Å². The molecule has 0 N–H and O–H groups in total. The van der Waals surface area contributed by atoms with E-state index in [9.17, 15) is 4.79 Å². The summed E-state index contributed by atoms with van der Waals surface area (Å²) in [6.45, 7) is 2.51. The summed E-state index contributed by atoms with van der Waals surface area (Å²) in [6, 6.07) is 14.4. The molecular weight excluding hydrogens is 228 g/mol. The highest BCUT2D eigenvalue weighted by molar-refractivity contribution is 5.74. The van der Waals surface area contributed by atoms with Crippen molar-refractivity contribution in [2.24, 2.45) is 0 Å². The van der Waals surface area contributed by atoms with Gasteiger partial charge in [-0.25, -0.2) is 0 Å². The molecule has 0 bridgehead atoms. The summed E-state index contributed by atoms with van der Waals surface area (Å²) in [4.78, 5) is 10.6. The number of carbonyl (C=O) groups is 1. The average molecular weight is 242 g/mol. The molecule has 3 heteroatoms. The highest BCUT2D eigenvalue weighted by atomic mass is 16.5. The number of hydrogen-bond acceptors (Lipinski definition) is 3. The minimum absolute atomic E-state index is 0.588.